The minimum atomic E-state index is -0.750. The Hall–Kier alpha value is -1.86. The summed E-state index contributed by atoms with van der Waals surface area (Å²) < 4.78 is 0. The van der Waals surface area contributed by atoms with Crippen molar-refractivity contribution in [2.75, 3.05) is 11.9 Å². The Bertz CT molecular complexity index is 532. The molecule has 2 rings (SSSR count). The summed E-state index contributed by atoms with van der Waals surface area (Å²) in [4.78, 5) is 14.3. The molecule has 0 aromatic heterocycles. The monoisotopic (exact) mass is 271 g/mol. The lowest BCUT2D eigenvalue weighted by atomic mass is 9.76. The first-order chi connectivity index (χ1) is 9.46. The molecule has 2 unspecified atom stereocenters. The van der Waals surface area contributed by atoms with E-state index in [-0.39, 0.29) is 5.91 Å². The number of hydrogen-bond acceptors (Lipinski definition) is 3. The van der Waals surface area contributed by atoms with E-state index in [1.165, 1.54) is 0 Å². The lowest BCUT2D eigenvalue weighted by molar-refractivity contribution is -0.125. The van der Waals surface area contributed by atoms with Crippen molar-refractivity contribution in [2.24, 2.45) is 11.7 Å². The number of hydrogen-bond donors (Lipinski definition) is 1. The average Bonchev–Trinajstić information content (AvgIpc) is 2.45. The van der Waals surface area contributed by atoms with Crippen molar-refractivity contribution < 1.29 is 4.79 Å². The predicted octanol–water partition coefficient (Wildman–Crippen LogP) is 2.43. The van der Waals surface area contributed by atoms with E-state index >= 15 is 0 Å². The molecule has 2 atom stereocenters. The van der Waals surface area contributed by atoms with Gasteiger partial charge in [-0.25, -0.2) is 0 Å². The first kappa shape index (κ1) is 14.5. The summed E-state index contributed by atoms with van der Waals surface area (Å²) in [5, 5.41) is 8.80. The number of nitrogens with zero attached hydrogens (tertiary/aromatic N) is 2. The fraction of sp³-hybridized carbons (Fsp3) is 0.500. The third kappa shape index (κ3) is 2.83. The van der Waals surface area contributed by atoms with Crippen molar-refractivity contribution in [2.45, 2.75) is 38.1 Å². The zero-order chi connectivity index (χ0) is 14.8. The van der Waals surface area contributed by atoms with Gasteiger partial charge in [0.2, 0.25) is 5.91 Å². The number of likely N-dealkylation sites (N-methyl/N-ethyl adjacent to an activating group) is 1. The smallest absolute Gasteiger partial charge is 0.246 e. The van der Waals surface area contributed by atoms with E-state index in [1.807, 2.05) is 0 Å². The normalized spacial score (nSPS) is 25.8. The summed E-state index contributed by atoms with van der Waals surface area (Å²) in [5.74, 6) is 0.459. The number of benzene rings is 1. The Morgan fingerprint density at radius 2 is 2.10 bits per heavy atom. The van der Waals surface area contributed by atoms with Crippen LogP contribution in [0.2, 0.25) is 0 Å². The zero-order valence-electron chi connectivity index (χ0n) is 12.1. The fourth-order valence-corrected chi connectivity index (χ4v) is 3.00. The first-order valence-electron chi connectivity index (χ1n) is 7.03. The Labute approximate surface area is 120 Å². The fourth-order valence-electron chi connectivity index (χ4n) is 3.00. The Morgan fingerprint density at radius 1 is 1.45 bits per heavy atom. The third-order valence-corrected chi connectivity index (χ3v) is 4.15. The summed E-state index contributed by atoms with van der Waals surface area (Å²) in [6, 6.07) is 9.07. The third-order valence-electron chi connectivity index (χ3n) is 4.15. The quantitative estimate of drug-likeness (QED) is 0.898. The largest absolute Gasteiger partial charge is 0.317 e. The molecule has 0 aliphatic heterocycles. The van der Waals surface area contributed by atoms with Gasteiger partial charge in [-0.1, -0.05) is 19.8 Å². The van der Waals surface area contributed by atoms with Gasteiger partial charge >= 0.3 is 0 Å². The van der Waals surface area contributed by atoms with Crippen LogP contribution in [0.1, 0.15) is 38.2 Å². The molecule has 4 heteroatoms. The summed E-state index contributed by atoms with van der Waals surface area (Å²) in [6.07, 6.45) is 3.64. The van der Waals surface area contributed by atoms with Crippen LogP contribution >= 0.6 is 0 Å². The second-order valence-electron chi connectivity index (χ2n) is 5.88. The molecule has 20 heavy (non-hydrogen) atoms. The second-order valence-corrected chi connectivity index (χ2v) is 5.88. The van der Waals surface area contributed by atoms with Gasteiger partial charge in [0.25, 0.3) is 0 Å². The van der Waals surface area contributed by atoms with Crippen LogP contribution < -0.4 is 10.6 Å². The maximum absolute atomic E-state index is 12.7. The molecule has 0 radical (unpaired) electrons. The molecule has 1 aliphatic rings. The topological polar surface area (TPSA) is 70.1 Å². The van der Waals surface area contributed by atoms with Crippen LogP contribution in [0.15, 0.2) is 24.3 Å². The molecular formula is C16H21N3O. The van der Waals surface area contributed by atoms with Gasteiger partial charge in [0, 0.05) is 12.7 Å². The first-order valence-corrected chi connectivity index (χ1v) is 7.03. The minimum Gasteiger partial charge on any atom is -0.317 e. The van der Waals surface area contributed by atoms with Crippen molar-refractivity contribution in [1.82, 2.24) is 0 Å². The highest BCUT2D eigenvalue weighted by Crippen LogP contribution is 2.32. The molecule has 0 bridgehead atoms. The lowest BCUT2D eigenvalue weighted by Crippen LogP contribution is -2.56. The highest BCUT2D eigenvalue weighted by Gasteiger charge is 2.39. The van der Waals surface area contributed by atoms with Gasteiger partial charge in [0.05, 0.1) is 17.2 Å². The maximum atomic E-state index is 12.7. The van der Waals surface area contributed by atoms with Gasteiger partial charge in [0.1, 0.15) is 0 Å². The molecule has 0 heterocycles. The van der Waals surface area contributed by atoms with E-state index in [9.17, 15) is 4.79 Å². The van der Waals surface area contributed by atoms with E-state index in [0.29, 0.717) is 11.5 Å². The molecule has 0 spiro atoms. The predicted molar refractivity (Wildman–Crippen MR) is 79.1 cm³/mol. The second kappa shape index (κ2) is 5.64. The van der Waals surface area contributed by atoms with Crippen LogP contribution in [0, 0.1) is 17.2 Å². The molecule has 1 aromatic rings. The summed E-state index contributed by atoms with van der Waals surface area (Å²) in [7, 11) is 1.75. The SMILES string of the molecule is CC1CCCC(N)(C(=O)N(C)c2ccc(C#N)cc2)C1. The Morgan fingerprint density at radius 3 is 2.65 bits per heavy atom. The lowest BCUT2D eigenvalue weighted by Gasteiger charge is -2.38. The average molecular weight is 271 g/mol. The van der Waals surface area contributed by atoms with E-state index in [4.69, 9.17) is 11.0 Å². The van der Waals surface area contributed by atoms with Crippen LogP contribution in [0.25, 0.3) is 0 Å². The van der Waals surface area contributed by atoms with Gasteiger partial charge in [-0.2, -0.15) is 5.26 Å². The van der Waals surface area contributed by atoms with Crippen molar-refractivity contribution >= 4 is 11.6 Å². The van der Waals surface area contributed by atoms with Crippen LogP contribution in [0.4, 0.5) is 5.69 Å². The standard InChI is InChI=1S/C16H21N3O/c1-12-4-3-9-16(18,10-12)15(20)19(2)14-7-5-13(11-17)6-8-14/h5-8,12H,3-4,9-10,18H2,1-2H3. The number of nitrogens with two attached hydrogens (primary N) is 1. The van der Waals surface area contributed by atoms with E-state index in [0.717, 1.165) is 31.4 Å². The number of amides is 1. The number of carbonyl (C=O) groups is 1. The summed E-state index contributed by atoms with van der Waals surface area (Å²) in [5.41, 5.74) is 6.96. The van der Waals surface area contributed by atoms with Gasteiger partial charge in [-0.05, 0) is 43.0 Å². The number of carbonyl (C=O) groups excluding carboxylic acids is 1. The highest BCUT2D eigenvalue weighted by molar-refractivity contribution is 5.99. The van der Waals surface area contributed by atoms with Gasteiger partial charge in [-0.15, -0.1) is 0 Å². The number of nitriles is 1. The van der Waals surface area contributed by atoms with Crippen LogP contribution in [-0.4, -0.2) is 18.5 Å². The molecule has 1 fully saturated rings. The van der Waals surface area contributed by atoms with Crippen molar-refractivity contribution in [3.8, 4) is 6.07 Å². The number of rotatable bonds is 2. The maximum Gasteiger partial charge on any atom is 0.246 e. The van der Waals surface area contributed by atoms with Gasteiger partial charge in [0.15, 0.2) is 0 Å². The molecule has 2 N–H and O–H groups in total. The van der Waals surface area contributed by atoms with Crippen molar-refractivity contribution in [3.63, 3.8) is 0 Å². The van der Waals surface area contributed by atoms with Crippen molar-refractivity contribution in [1.29, 1.82) is 5.26 Å². The molecule has 0 saturated heterocycles. The van der Waals surface area contributed by atoms with Crippen LogP contribution in [-0.2, 0) is 4.79 Å². The Balaban J connectivity index is 2.17. The zero-order valence-corrected chi connectivity index (χ0v) is 12.1. The highest BCUT2D eigenvalue weighted by atomic mass is 16.2. The van der Waals surface area contributed by atoms with Crippen LogP contribution in [0.3, 0.4) is 0 Å². The molecule has 1 saturated carbocycles. The van der Waals surface area contributed by atoms with Gasteiger partial charge in [-0.3, -0.25) is 4.79 Å². The summed E-state index contributed by atoms with van der Waals surface area (Å²) >= 11 is 0. The number of anilines is 1. The van der Waals surface area contributed by atoms with Crippen molar-refractivity contribution in [3.05, 3.63) is 29.8 Å². The molecule has 1 aliphatic carbocycles. The Kier molecular flexibility index (Phi) is 4.10. The molecule has 1 amide bonds. The molecular weight excluding hydrogens is 250 g/mol. The van der Waals surface area contributed by atoms with Crippen LogP contribution in [0.5, 0.6) is 0 Å². The van der Waals surface area contributed by atoms with E-state index < -0.39 is 5.54 Å². The molecule has 1 aromatic carbocycles. The molecule has 4 nitrogen and oxygen atoms in total. The van der Waals surface area contributed by atoms with Gasteiger partial charge < -0.3 is 10.6 Å². The minimum absolute atomic E-state index is 0.0336. The molecule has 106 valence electrons. The van der Waals surface area contributed by atoms with E-state index in [2.05, 4.69) is 13.0 Å². The van der Waals surface area contributed by atoms with E-state index in [1.54, 1.807) is 36.2 Å². The summed E-state index contributed by atoms with van der Waals surface area (Å²) in [6.45, 7) is 2.15.